The van der Waals surface area contributed by atoms with Gasteiger partial charge in [0.25, 0.3) is 0 Å². The van der Waals surface area contributed by atoms with Crippen LogP contribution in [0.25, 0.3) is 16.6 Å². The van der Waals surface area contributed by atoms with Crippen LogP contribution in [0.2, 0.25) is 0 Å². The van der Waals surface area contributed by atoms with E-state index in [1.165, 1.54) is 0 Å². The molecule has 5 aromatic rings. The van der Waals surface area contributed by atoms with Crippen LogP contribution < -0.4 is 10.6 Å². The molecule has 6 rings (SSSR count). The Hall–Kier alpha value is -4.56. The molecule has 1 aliphatic rings. The molecule has 0 unspecified atom stereocenters. The highest BCUT2D eigenvalue weighted by Crippen LogP contribution is 2.39. The van der Waals surface area contributed by atoms with E-state index in [4.69, 9.17) is 12.2 Å². The van der Waals surface area contributed by atoms with Gasteiger partial charge in [0, 0.05) is 48.3 Å². The molecule has 2 atom stereocenters. The first kappa shape index (κ1) is 24.8. The van der Waals surface area contributed by atoms with Crippen molar-refractivity contribution in [2.45, 2.75) is 25.4 Å². The van der Waals surface area contributed by atoms with Crippen molar-refractivity contribution >= 4 is 39.7 Å². The van der Waals surface area contributed by atoms with Crippen LogP contribution in [-0.2, 0) is 4.79 Å². The summed E-state index contributed by atoms with van der Waals surface area (Å²) in [5, 5.41) is 9.27. The number of carbonyl (C=O) groups is 1. The summed E-state index contributed by atoms with van der Waals surface area (Å²) in [6, 6.07) is 27.6. The van der Waals surface area contributed by atoms with Crippen molar-refractivity contribution < 1.29 is 4.79 Å². The number of thiocarbonyl (C=S) groups is 1. The van der Waals surface area contributed by atoms with Gasteiger partial charge >= 0.3 is 0 Å². The van der Waals surface area contributed by atoms with Gasteiger partial charge in [0.1, 0.15) is 5.82 Å². The molecule has 3 aromatic heterocycles. The van der Waals surface area contributed by atoms with Crippen molar-refractivity contribution in [2.75, 3.05) is 11.9 Å². The first-order valence-electron chi connectivity index (χ1n) is 12.9. The van der Waals surface area contributed by atoms with E-state index in [0.29, 0.717) is 11.7 Å². The zero-order valence-corrected chi connectivity index (χ0v) is 22.3. The van der Waals surface area contributed by atoms with Gasteiger partial charge in [-0.15, -0.1) is 0 Å². The number of pyridine rings is 2. The van der Waals surface area contributed by atoms with Crippen LogP contribution in [0.4, 0.5) is 5.69 Å². The molecule has 0 radical (unpaired) electrons. The number of carbonyl (C=O) groups excluding carboxylic acids is 1. The molecule has 1 fully saturated rings. The summed E-state index contributed by atoms with van der Waals surface area (Å²) in [5.41, 5.74) is 3.81. The summed E-state index contributed by atoms with van der Waals surface area (Å²) in [5.74, 6) is 0.761. The topological polar surface area (TPSA) is 75.1 Å². The van der Waals surface area contributed by atoms with Gasteiger partial charge in [0.15, 0.2) is 5.11 Å². The maximum absolute atomic E-state index is 13.2. The summed E-state index contributed by atoms with van der Waals surface area (Å²) < 4.78 is 2.08. The Bertz CT molecular complexity index is 1630. The fourth-order valence-electron chi connectivity index (χ4n) is 5.18. The van der Waals surface area contributed by atoms with Crippen molar-refractivity contribution in [3.8, 4) is 5.82 Å². The van der Waals surface area contributed by atoms with Crippen LogP contribution in [0.3, 0.4) is 0 Å². The van der Waals surface area contributed by atoms with Crippen molar-refractivity contribution in [2.24, 2.45) is 0 Å². The van der Waals surface area contributed by atoms with Gasteiger partial charge in [-0.05, 0) is 66.5 Å². The van der Waals surface area contributed by atoms with E-state index in [1.807, 2.05) is 92.1 Å². The van der Waals surface area contributed by atoms with E-state index in [2.05, 4.69) is 42.2 Å². The van der Waals surface area contributed by atoms with Gasteiger partial charge in [-0.2, -0.15) is 0 Å². The molecule has 194 valence electrons. The van der Waals surface area contributed by atoms with Gasteiger partial charge in [0.05, 0.1) is 17.8 Å². The van der Waals surface area contributed by atoms with Crippen LogP contribution >= 0.6 is 12.2 Å². The number of anilines is 1. The lowest BCUT2D eigenvalue weighted by molar-refractivity contribution is -0.116. The monoisotopic (exact) mass is 532 g/mol. The fraction of sp³-hybridized carbons (Fsp3) is 0.161. The fourth-order valence-corrected chi connectivity index (χ4v) is 5.52. The molecule has 1 amide bonds. The van der Waals surface area contributed by atoms with Gasteiger partial charge in [-0.1, -0.05) is 48.5 Å². The van der Waals surface area contributed by atoms with E-state index >= 15 is 0 Å². The molecule has 1 aliphatic heterocycles. The quantitative estimate of drug-likeness (QED) is 0.261. The number of aromatic nitrogens is 3. The lowest BCUT2D eigenvalue weighted by Gasteiger charge is -2.28. The molecule has 2 aromatic carbocycles. The zero-order chi connectivity index (χ0) is 26.8. The van der Waals surface area contributed by atoms with Gasteiger partial charge in [-0.25, -0.2) is 4.98 Å². The van der Waals surface area contributed by atoms with Crippen molar-refractivity contribution in [3.63, 3.8) is 0 Å². The Morgan fingerprint density at radius 1 is 0.974 bits per heavy atom. The first-order chi connectivity index (χ1) is 19.1. The number of fused-ring (bicyclic) bond motifs is 1. The van der Waals surface area contributed by atoms with E-state index in [-0.39, 0.29) is 24.4 Å². The Morgan fingerprint density at radius 3 is 2.64 bits per heavy atom. The average Bonchev–Trinajstić information content (AvgIpc) is 3.57. The average molecular weight is 533 g/mol. The minimum absolute atomic E-state index is 0.0650. The Labute approximate surface area is 232 Å². The minimum atomic E-state index is -0.184. The number of nitrogens with one attached hydrogen (secondary N) is 2. The number of rotatable bonds is 7. The maximum Gasteiger partial charge on any atom is 0.226 e. The Kier molecular flexibility index (Phi) is 6.77. The highest BCUT2D eigenvalue weighted by Gasteiger charge is 2.41. The summed E-state index contributed by atoms with van der Waals surface area (Å²) in [6.07, 6.45) is 5.94. The van der Waals surface area contributed by atoms with Gasteiger partial charge in [0.2, 0.25) is 5.91 Å². The van der Waals surface area contributed by atoms with E-state index < -0.39 is 0 Å². The predicted octanol–water partition coefficient (Wildman–Crippen LogP) is 5.73. The third-order valence-electron chi connectivity index (χ3n) is 7.07. The second-order valence-corrected chi connectivity index (χ2v) is 10.0. The van der Waals surface area contributed by atoms with E-state index in [9.17, 15) is 4.79 Å². The number of hydrogen-bond acceptors (Lipinski definition) is 4. The molecule has 0 saturated carbocycles. The van der Waals surface area contributed by atoms with Crippen LogP contribution in [0.1, 0.15) is 35.5 Å². The predicted molar refractivity (Wildman–Crippen MR) is 158 cm³/mol. The second-order valence-electron chi connectivity index (χ2n) is 9.64. The molecule has 7 nitrogen and oxygen atoms in total. The molecule has 2 N–H and O–H groups in total. The van der Waals surface area contributed by atoms with E-state index in [1.54, 1.807) is 6.20 Å². The summed E-state index contributed by atoms with van der Waals surface area (Å²) in [4.78, 5) is 24.5. The van der Waals surface area contributed by atoms with Crippen LogP contribution in [-0.4, -0.2) is 37.0 Å². The molecule has 0 bridgehead atoms. The van der Waals surface area contributed by atoms with Gasteiger partial charge < -0.3 is 20.1 Å². The number of amides is 1. The van der Waals surface area contributed by atoms with Crippen molar-refractivity contribution in [1.82, 2.24) is 24.8 Å². The smallest absolute Gasteiger partial charge is 0.226 e. The third-order valence-corrected chi connectivity index (χ3v) is 7.42. The summed E-state index contributed by atoms with van der Waals surface area (Å²) >= 11 is 5.82. The zero-order valence-electron chi connectivity index (χ0n) is 21.5. The first-order valence-corrected chi connectivity index (χ1v) is 13.4. The number of aryl methyl sites for hydroxylation is 1. The standard InChI is InChI=1S/C31H28N6OS/c1-21-14-15-27(33-20-21)36-18-7-13-26(36)30-29(25-11-4-5-17-32-25)35-31(39)37(30)19-16-28(38)34-24-12-6-9-22-8-2-3-10-23(22)24/h2-15,17-18,20,29-30H,16,19H2,1H3,(H,34,38)(H,35,39)/t29-,30-/m1/s1. The van der Waals surface area contributed by atoms with Gasteiger partial charge in [-0.3, -0.25) is 9.78 Å². The molecule has 8 heteroatoms. The maximum atomic E-state index is 13.2. The highest BCUT2D eigenvalue weighted by atomic mass is 32.1. The van der Waals surface area contributed by atoms with Crippen molar-refractivity contribution in [1.29, 1.82) is 0 Å². The SMILES string of the molecule is Cc1ccc(-n2cccc2[C@@H]2[C@@H](c3ccccn3)NC(=S)N2CCC(=O)Nc2cccc3ccccc23)nc1. The normalized spacial score (nSPS) is 16.8. The van der Waals surface area contributed by atoms with Crippen LogP contribution in [0.5, 0.6) is 0 Å². The lowest BCUT2D eigenvalue weighted by Crippen LogP contribution is -2.33. The van der Waals surface area contributed by atoms with Crippen LogP contribution in [0.15, 0.2) is 104 Å². The Balaban J connectivity index is 1.29. The molecular weight excluding hydrogens is 504 g/mol. The number of benzene rings is 2. The molecular formula is C31H28N6OS. The minimum Gasteiger partial charge on any atom is -0.352 e. The second kappa shape index (κ2) is 10.7. The molecule has 0 aliphatic carbocycles. The molecule has 1 saturated heterocycles. The third kappa shape index (κ3) is 4.98. The number of nitrogens with zero attached hydrogens (tertiary/aromatic N) is 4. The van der Waals surface area contributed by atoms with Crippen molar-refractivity contribution in [3.05, 3.63) is 120 Å². The van der Waals surface area contributed by atoms with E-state index in [0.717, 1.165) is 39.2 Å². The summed E-state index contributed by atoms with van der Waals surface area (Å²) in [7, 11) is 0. The molecule has 4 heterocycles. The number of hydrogen-bond donors (Lipinski definition) is 2. The molecule has 0 spiro atoms. The Morgan fingerprint density at radius 2 is 1.82 bits per heavy atom. The van der Waals surface area contributed by atoms with Crippen LogP contribution in [0, 0.1) is 6.92 Å². The molecule has 39 heavy (non-hydrogen) atoms. The highest BCUT2D eigenvalue weighted by molar-refractivity contribution is 7.80. The lowest BCUT2D eigenvalue weighted by atomic mass is 10.0. The largest absolute Gasteiger partial charge is 0.352 e. The summed E-state index contributed by atoms with van der Waals surface area (Å²) in [6.45, 7) is 2.47.